The zero-order valence-electron chi connectivity index (χ0n) is 18.5. The lowest BCUT2D eigenvalue weighted by atomic mass is 10.0. The average molecular weight is 468 g/mol. The van der Waals surface area contributed by atoms with Crippen LogP contribution in [0, 0.1) is 0 Å². The van der Waals surface area contributed by atoms with Crippen molar-refractivity contribution in [1.82, 2.24) is 20.2 Å². The molecule has 1 saturated heterocycles. The van der Waals surface area contributed by atoms with E-state index < -0.39 is 0 Å². The molecule has 9 heteroatoms. The van der Waals surface area contributed by atoms with Crippen LogP contribution in [0.25, 0.3) is 10.9 Å². The minimum atomic E-state index is -0.218. The Kier molecular flexibility index (Phi) is 6.05. The van der Waals surface area contributed by atoms with Crippen LogP contribution in [0.1, 0.15) is 34.1 Å². The van der Waals surface area contributed by atoms with Crippen molar-refractivity contribution in [2.45, 2.75) is 26.7 Å². The molecule has 0 unspecified atom stereocenters. The van der Waals surface area contributed by atoms with Crippen LogP contribution in [0.15, 0.2) is 35.1 Å². The molecule has 8 nitrogen and oxygen atoms in total. The molecule has 0 spiro atoms. The molecule has 5 rings (SSSR count). The maximum atomic E-state index is 12.3. The van der Waals surface area contributed by atoms with Crippen molar-refractivity contribution in [3.8, 4) is 0 Å². The number of aromatic nitrogens is 2. The topological polar surface area (TPSA) is 90.6 Å². The lowest BCUT2D eigenvalue weighted by Crippen LogP contribution is -2.46. The van der Waals surface area contributed by atoms with Gasteiger partial charge in [-0.2, -0.15) is 0 Å². The standard InChI is InChI=1S/C24H26ClN5O3/c1-2-26-24(32)19-5-6-21(22(25)27-19)30-9-7-29(8-10-30)12-15-3-4-16-17-13-33-14-18(17)23(31)28-20(16)11-15/h3-6,11H,2,7-10,12-14H2,1H3,(H,26,32)(H,28,31). The van der Waals surface area contributed by atoms with Crippen molar-refractivity contribution in [3.05, 3.63) is 68.2 Å². The summed E-state index contributed by atoms with van der Waals surface area (Å²) in [6.45, 7) is 7.49. The number of benzene rings is 1. The van der Waals surface area contributed by atoms with Gasteiger partial charge in [0, 0.05) is 55.7 Å². The Morgan fingerprint density at radius 3 is 2.70 bits per heavy atom. The Bertz CT molecular complexity index is 1270. The van der Waals surface area contributed by atoms with Crippen molar-refractivity contribution in [1.29, 1.82) is 0 Å². The molecule has 4 heterocycles. The van der Waals surface area contributed by atoms with E-state index in [0.29, 0.717) is 30.6 Å². The van der Waals surface area contributed by atoms with E-state index in [4.69, 9.17) is 16.3 Å². The van der Waals surface area contributed by atoms with E-state index in [1.165, 1.54) is 0 Å². The van der Waals surface area contributed by atoms with E-state index in [1.807, 2.05) is 13.0 Å². The van der Waals surface area contributed by atoms with Gasteiger partial charge in [0.2, 0.25) is 0 Å². The second-order valence-corrected chi connectivity index (χ2v) is 8.77. The van der Waals surface area contributed by atoms with E-state index in [9.17, 15) is 9.59 Å². The number of H-pyrrole nitrogens is 1. The first-order valence-corrected chi connectivity index (χ1v) is 11.6. The van der Waals surface area contributed by atoms with Gasteiger partial charge >= 0.3 is 0 Å². The summed E-state index contributed by atoms with van der Waals surface area (Å²) in [5.74, 6) is -0.218. The Balaban J connectivity index is 1.25. The molecule has 0 saturated carbocycles. The second kappa shape index (κ2) is 9.13. The molecule has 33 heavy (non-hydrogen) atoms. The van der Waals surface area contributed by atoms with Gasteiger partial charge in [-0.05, 0) is 36.2 Å². The van der Waals surface area contributed by atoms with Gasteiger partial charge in [0.15, 0.2) is 5.15 Å². The summed E-state index contributed by atoms with van der Waals surface area (Å²) in [7, 11) is 0. The van der Waals surface area contributed by atoms with Gasteiger partial charge in [-0.25, -0.2) is 4.98 Å². The molecule has 2 aliphatic rings. The smallest absolute Gasteiger partial charge is 0.269 e. The third-order valence-electron chi connectivity index (χ3n) is 6.31. The van der Waals surface area contributed by atoms with Gasteiger partial charge < -0.3 is 19.9 Å². The van der Waals surface area contributed by atoms with Crippen LogP contribution in [0.4, 0.5) is 5.69 Å². The Labute approximate surface area is 196 Å². The third kappa shape index (κ3) is 4.34. The first-order valence-electron chi connectivity index (χ1n) is 11.2. The number of ether oxygens (including phenoxy) is 1. The number of halogens is 1. The highest BCUT2D eigenvalue weighted by atomic mass is 35.5. The van der Waals surface area contributed by atoms with Crippen LogP contribution in [-0.4, -0.2) is 53.5 Å². The number of carbonyl (C=O) groups excluding carboxylic acids is 1. The molecule has 0 bridgehead atoms. The summed E-state index contributed by atoms with van der Waals surface area (Å²) in [4.78, 5) is 36.2. The number of carbonyl (C=O) groups is 1. The minimum Gasteiger partial charge on any atom is -0.372 e. The minimum absolute atomic E-state index is 0.0514. The summed E-state index contributed by atoms with van der Waals surface area (Å²) in [5.41, 5.74) is 4.92. The largest absolute Gasteiger partial charge is 0.372 e. The highest BCUT2D eigenvalue weighted by Crippen LogP contribution is 2.27. The molecular formula is C24H26ClN5O3. The van der Waals surface area contributed by atoms with Crippen molar-refractivity contribution in [2.24, 2.45) is 0 Å². The molecule has 0 radical (unpaired) electrons. The summed E-state index contributed by atoms with van der Waals surface area (Å²) in [6.07, 6.45) is 0. The van der Waals surface area contributed by atoms with E-state index in [2.05, 4.69) is 43.3 Å². The van der Waals surface area contributed by atoms with E-state index in [0.717, 1.165) is 66.0 Å². The van der Waals surface area contributed by atoms with Crippen LogP contribution in [0.2, 0.25) is 5.15 Å². The van der Waals surface area contributed by atoms with E-state index >= 15 is 0 Å². The third-order valence-corrected chi connectivity index (χ3v) is 6.58. The summed E-state index contributed by atoms with van der Waals surface area (Å²) in [6, 6.07) is 9.88. The molecule has 1 aromatic carbocycles. The summed E-state index contributed by atoms with van der Waals surface area (Å²) < 4.78 is 5.47. The number of piperazine rings is 1. The van der Waals surface area contributed by atoms with Crippen LogP contribution >= 0.6 is 11.6 Å². The van der Waals surface area contributed by atoms with Gasteiger partial charge in [-0.15, -0.1) is 0 Å². The summed E-state index contributed by atoms with van der Waals surface area (Å²) in [5, 5.41) is 4.15. The lowest BCUT2D eigenvalue weighted by molar-refractivity contribution is 0.0951. The second-order valence-electron chi connectivity index (χ2n) is 8.41. The molecule has 0 atom stereocenters. The molecule has 3 aromatic rings. The summed E-state index contributed by atoms with van der Waals surface area (Å²) >= 11 is 6.40. The monoisotopic (exact) mass is 467 g/mol. The quantitative estimate of drug-likeness (QED) is 0.561. The first kappa shape index (κ1) is 21.9. The number of hydrogen-bond donors (Lipinski definition) is 2. The first-order chi connectivity index (χ1) is 16.0. The molecular weight excluding hydrogens is 442 g/mol. The number of pyridine rings is 2. The zero-order valence-corrected chi connectivity index (χ0v) is 19.2. The number of nitrogens with one attached hydrogen (secondary N) is 2. The van der Waals surface area contributed by atoms with Crippen LogP contribution in [0.3, 0.4) is 0 Å². The van der Waals surface area contributed by atoms with Gasteiger partial charge in [0.1, 0.15) is 5.69 Å². The predicted molar refractivity (Wildman–Crippen MR) is 128 cm³/mol. The molecule has 1 fully saturated rings. The fourth-order valence-electron chi connectivity index (χ4n) is 4.57. The molecule has 2 aliphatic heterocycles. The highest BCUT2D eigenvalue weighted by Gasteiger charge is 2.22. The lowest BCUT2D eigenvalue weighted by Gasteiger charge is -2.36. The number of anilines is 1. The van der Waals surface area contributed by atoms with E-state index in [-0.39, 0.29) is 11.5 Å². The SMILES string of the molecule is CCNC(=O)c1ccc(N2CCN(Cc3ccc4c5c(c(=O)[nH]c4c3)COC5)CC2)c(Cl)n1. The van der Waals surface area contributed by atoms with Crippen molar-refractivity contribution < 1.29 is 9.53 Å². The van der Waals surface area contributed by atoms with Gasteiger partial charge in [0.25, 0.3) is 11.5 Å². The maximum Gasteiger partial charge on any atom is 0.269 e. The number of fused-ring (bicyclic) bond motifs is 3. The molecule has 172 valence electrons. The fourth-order valence-corrected chi connectivity index (χ4v) is 4.85. The van der Waals surface area contributed by atoms with Crippen molar-refractivity contribution >= 4 is 34.1 Å². The van der Waals surface area contributed by atoms with Crippen LogP contribution in [-0.2, 0) is 24.5 Å². The normalized spacial score (nSPS) is 16.2. The van der Waals surface area contributed by atoms with Gasteiger partial charge in [-0.3, -0.25) is 14.5 Å². The number of amides is 1. The predicted octanol–water partition coefficient (Wildman–Crippen LogP) is 2.68. The van der Waals surface area contributed by atoms with Crippen molar-refractivity contribution in [3.63, 3.8) is 0 Å². The Hall–Kier alpha value is -2.94. The fraction of sp³-hybridized carbons (Fsp3) is 0.375. The molecule has 0 aliphatic carbocycles. The Morgan fingerprint density at radius 2 is 1.94 bits per heavy atom. The molecule has 2 N–H and O–H groups in total. The number of hydrogen-bond acceptors (Lipinski definition) is 6. The number of rotatable bonds is 5. The van der Waals surface area contributed by atoms with E-state index in [1.54, 1.807) is 6.07 Å². The number of aromatic amines is 1. The van der Waals surface area contributed by atoms with Gasteiger partial charge in [-0.1, -0.05) is 23.7 Å². The highest BCUT2D eigenvalue weighted by molar-refractivity contribution is 6.32. The zero-order chi connectivity index (χ0) is 22.9. The van der Waals surface area contributed by atoms with Gasteiger partial charge in [0.05, 0.1) is 18.9 Å². The average Bonchev–Trinajstić information content (AvgIpc) is 3.31. The van der Waals surface area contributed by atoms with Crippen molar-refractivity contribution in [2.75, 3.05) is 37.6 Å². The van der Waals surface area contributed by atoms with Crippen LogP contribution in [0.5, 0.6) is 0 Å². The maximum absolute atomic E-state index is 12.3. The van der Waals surface area contributed by atoms with Crippen LogP contribution < -0.4 is 15.8 Å². The molecule has 1 amide bonds. The number of nitrogens with zero attached hydrogens (tertiary/aromatic N) is 3. The Morgan fingerprint density at radius 1 is 1.15 bits per heavy atom. The molecule has 2 aromatic heterocycles.